The maximum atomic E-state index is 13.8. The van der Waals surface area contributed by atoms with Gasteiger partial charge in [0.25, 0.3) is 11.8 Å². The average molecular weight is 530 g/mol. The summed E-state index contributed by atoms with van der Waals surface area (Å²) < 4.78 is 0. The molecule has 3 amide bonds. The molecule has 0 saturated carbocycles. The molecule has 0 radical (unpaired) electrons. The van der Waals surface area contributed by atoms with Crippen molar-refractivity contribution in [1.29, 1.82) is 0 Å². The first kappa shape index (κ1) is 25.9. The smallest absolute Gasteiger partial charge is 0.262 e. The molecule has 1 aromatic heterocycles. The lowest BCUT2D eigenvalue weighted by atomic mass is 10.0. The largest absolute Gasteiger partial charge is 0.340 e. The monoisotopic (exact) mass is 529 g/mol. The molecule has 196 valence electrons. The Kier molecular flexibility index (Phi) is 7.42. The first-order valence-corrected chi connectivity index (χ1v) is 13.8. The van der Waals surface area contributed by atoms with E-state index in [0.29, 0.717) is 29.8 Å². The van der Waals surface area contributed by atoms with E-state index in [-0.39, 0.29) is 42.0 Å². The van der Waals surface area contributed by atoms with Gasteiger partial charge in [-0.1, -0.05) is 62.4 Å². The van der Waals surface area contributed by atoms with Crippen LogP contribution in [0.25, 0.3) is 10.4 Å². The molecule has 3 atom stereocenters. The predicted octanol–water partition coefficient (Wildman–Crippen LogP) is 4.25. The standard InChI is InChI=1S/C30H31N3O4S/c1-19(2)17-22(31-28(35)26-14-13-25(38-26)20-9-5-3-6-10-20)30(37)32-16-15-23-27(32)24(34)18-33(23)29(36)21-11-7-4-8-12-21/h3-14,19,22-23,27H,15-18H2,1-2H3,(H,31,35)/t22-,23+,27-/m0/s1. The number of nitrogens with one attached hydrogen (secondary N) is 1. The van der Waals surface area contributed by atoms with E-state index in [9.17, 15) is 19.2 Å². The number of hydrogen-bond donors (Lipinski definition) is 1. The van der Waals surface area contributed by atoms with Crippen molar-refractivity contribution >= 4 is 34.8 Å². The van der Waals surface area contributed by atoms with Crippen LogP contribution >= 0.6 is 11.3 Å². The lowest BCUT2D eigenvalue weighted by molar-refractivity contribution is -0.138. The molecule has 5 rings (SSSR count). The number of ketones is 1. The van der Waals surface area contributed by atoms with Crippen molar-refractivity contribution in [3.8, 4) is 10.4 Å². The molecular formula is C30H31N3O4S. The fraction of sp³-hybridized carbons (Fsp3) is 0.333. The summed E-state index contributed by atoms with van der Waals surface area (Å²) in [4.78, 5) is 57.8. The molecule has 3 aromatic rings. The van der Waals surface area contributed by atoms with Crippen LogP contribution in [-0.4, -0.2) is 64.5 Å². The number of fused-ring (bicyclic) bond motifs is 1. The molecule has 2 saturated heterocycles. The van der Waals surface area contributed by atoms with Crippen LogP contribution in [-0.2, 0) is 9.59 Å². The minimum atomic E-state index is -0.754. The van der Waals surface area contributed by atoms with Gasteiger partial charge in [-0.25, -0.2) is 0 Å². The van der Waals surface area contributed by atoms with Crippen LogP contribution in [0.5, 0.6) is 0 Å². The second-order valence-electron chi connectivity index (χ2n) is 10.3. The highest BCUT2D eigenvalue weighted by Crippen LogP contribution is 2.32. The first-order valence-electron chi connectivity index (χ1n) is 13.0. The van der Waals surface area contributed by atoms with Crippen molar-refractivity contribution < 1.29 is 19.2 Å². The molecule has 38 heavy (non-hydrogen) atoms. The summed E-state index contributed by atoms with van der Waals surface area (Å²) >= 11 is 1.38. The Labute approximate surface area is 226 Å². The molecule has 7 nitrogen and oxygen atoms in total. The molecule has 0 unspecified atom stereocenters. The average Bonchev–Trinajstić information content (AvgIpc) is 3.66. The molecule has 8 heteroatoms. The van der Waals surface area contributed by atoms with Crippen LogP contribution < -0.4 is 5.32 Å². The molecule has 0 aliphatic carbocycles. The molecule has 0 spiro atoms. The summed E-state index contributed by atoms with van der Waals surface area (Å²) in [6, 6.07) is 20.7. The number of hydrogen-bond acceptors (Lipinski definition) is 5. The molecule has 2 fully saturated rings. The normalized spacial score (nSPS) is 19.5. The molecular weight excluding hydrogens is 498 g/mol. The predicted molar refractivity (Wildman–Crippen MR) is 147 cm³/mol. The third kappa shape index (κ3) is 5.13. The number of likely N-dealkylation sites (tertiary alicyclic amines) is 2. The zero-order valence-electron chi connectivity index (χ0n) is 21.5. The quantitative estimate of drug-likeness (QED) is 0.496. The van der Waals surface area contributed by atoms with Crippen molar-refractivity contribution in [2.75, 3.05) is 13.1 Å². The third-order valence-electron chi connectivity index (χ3n) is 7.19. The molecule has 3 heterocycles. The Morgan fingerprint density at radius 3 is 2.32 bits per heavy atom. The Balaban J connectivity index is 1.31. The number of amides is 3. The van der Waals surface area contributed by atoms with E-state index in [1.54, 1.807) is 40.1 Å². The second-order valence-corrected chi connectivity index (χ2v) is 11.4. The highest BCUT2D eigenvalue weighted by Gasteiger charge is 2.52. The molecule has 2 aliphatic heterocycles. The minimum absolute atomic E-state index is 0.00843. The number of carbonyl (C=O) groups is 4. The number of rotatable bonds is 7. The van der Waals surface area contributed by atoms with Crippen molar-refractivity contribution in [3.05, 3.63) is 83.2 Å². The van der Waals surface area contributed by atoms with Gasteiger partial charge >= 0.3 is 0 Å². The third-order valence-corrected chi connectivity index (χ3v) is 8.32. The topological polar surface area (TPSA) is 86.8 Å². The lowest BCUT2D eigenvalue weighted by Crippen LogP contribution is -2.52. The number of carbonyl (C=O) groups excluding carboxylic acids is 4. The van der Waals surface area contributed by atoms with Crippen LogP contribution in [0.15, 0.2) is 72.8 Å². The fourth-order valence-electron chi connectivity index (χ4n) is 5.43. The van der Waals surface area contributed by atoms with Gasteiger partial charge in [-0.15, -0.1) is 11.3 Å². The van der Waals surface area contributed by atoms with Gasteiger partial charge in [-0.05, 0) is 48.6 Å². The van der Waals surface area contributed by atoms with Gasteiger partial charge in [-0.3, -0.25) is 19.2 Å². The summed E-state index contributed by atoms with van der Waals surface area (Å²) in [6.07, 6.45) is 0.991. The van der Waals surface area contributed by atoms with E-state index >= 15 is 0 Å². The molecule has 2 aliphatic rings. The van der Waals surface area contributed by atoms with Gasteiger partial charge in [0.2, 0.25) is 5.91 Å². The number of nitrogens with zero attached hydrogens (tertiary/aromatic N) is 2. The van der Waals surface area contributed by atoms with Crippen LogP contribution in [0.4, 0.5) is 0 Å². The van der Waals surface area contributed by atoms with Crippen molar-refractivity contribution in [1.82, 2.24) is 15.1 Å². The van der Waals surface area contributed by atoms with Gasteiger partial charge in [0.15, 0.2) is 5.78 Å². The van der Waals surface area contributed by atoms with E-state index in [1.165, 1.54) is 11.3 Å². The highest BCUT2D eigenvalue weighted by atomic mass is 32.1. The number of thiophene rings is 1. The van der Waals surface area contributed by atoms with Gasteiger partial charge in [0.1, 0.15) is 12.1 Å². The van der Waals surface area contributed by atoms with E-state index in [0.717, 1.165) is 10.4 Å². The van der Waals surface area contributed by atoms with Crippen molar-refractivity contribution in [2.24, 2.45) is 5.92 Å². The Morgan fingerprint density at radius 1 is 0.947 bits per heavy atom. The maximum absolute atomic E-state index is 13.8. The van der Waals surface area contributed by atoms with E-state index in [2.05, 4.69) is 5.32 Å². The minimum Gasteiger partial charge on any atom is -0.340 e. The van der Waals surface area contributed by atoms with Crippen LogP contribution in [0.2, 0.25) is 0 Å². The summed E-state index contributed by atoms with van der Waals surface area (Å²) in [5.74, 6) is -0.737. The van der Waals surface area contributed by atoms with Gasteiger partial charge < -0.3 is 15.1 Å². The summed E-state index contributed by atoms with van der Waals surface area (Å²) in [6.45, 7) is 4.36. The number of Topliss-reactive ketones (excluding diaryl/α,β-unsaturated/α-hetero) is 1. The lowest BCUT2D eigenvalue weighted by Gasteiger charge is -2.29. The zero-order valence-corrected chi connectivity index (χ0v) is 22.3. The van der Waals surface area contributed by atoms with Crippen LogP contribution in [0.3, 0.4) is 0 Å². The van der Waals surface area contributed by atoms with Gasteiger partial charge in [0.05, 0.1) is 17.5 Å². The Bertz CT molecular complexity index is 1340. The molecule has 2 aromatic carbocycles. The van der Waals surface area contributed by atoms with Crippen LogP contribution in [0, 0.1) is 5.92 Å². The maximum Gasteiger partial charge on any atom is 0.262 e. The van der Waals surface area contributed by atoms with E-state index in [1.807, 2.05) is 56.3 Å². The second kappa shape index (κ2) is 10.9. The van der Waals surface area contributed by atoms with Gasteiger partial charge in [0, 0.05) is 17.0 Å². The van der Waals surface area contributed by atoms with E-state index < -0.39 is 12.1 Å². The molecule has 0 bridgehead atoms. The highest BCUT2D eigenvalue weighted by molar-refractivity contribution is 7.17. The summed E-state index contributed by atoms with van der Waals surface area (Å²) in [5, 5.41) is 2.95. The first-order chi connectivity index (χ1) is 18.3. The van der Waals surface area contributed by atoms with Crippen molar-refractivity contribution in [3.63, 3.8) is 0 Å². The Morgan fingerprint density at radius 2 is 1.63 bits per heavy atom. The molecule has 1 N–H and O–H groups in total. The summed E-state index contributed by atoms with van der Waals surface area (Å²) in [7, 11) is 0. The van der Waals surface area contributed by atoms with Gasteiger partial charge in [-0.2, -0.15) is 0 Å². The van der Waals surface area contributed by atoms with Crippen molar-refractivity contribution in [2.45, 2.75) is 44.8 Å². The van der Waals surface area contributed by atoms with Crippen LogP contribution in [0.1, 0.15) is 46.7 Å². The number of benzene rings is 2. The Hall–Kier alpha value is -3.78. The summed E-state index contributed by atoms with van der Waals surface area (Å²) in [5.41, 5.74) is 1.56. The SMILES string of the molecule is CC(C)C[C@H](NC(=O)c1ccc(-c2ccccc2)s1)C(=O)N1CC[C@@H]2[C@H]1C(=O)CN2C(=O)c1ccccc1. The zero-order chi connectivity index (χ0) is 26.8. The van der Waals surface area contributed by atoms with E-state index in [4.69, 9.17) is 0 Å². The fourth-order valence-corrected chi connectivity index (χ4v) is 6.34.